The number of rotatable bonds is 6. The first kappa shape index (κ1) is 10.4. The third-order valence-electron chi connectivity index (χ3n) is 1.52. The quantitative estimate of drug-likeness (QED) is 0.530. The van der Waals surface area contributed by atoms with Crippen molar-refractivity contribution in [2.24, 2.45) is 0 Å². The van der Waals surface area contributed by atoms with E-state index in [9.17, 15) is 0 Å². The summed E-state index contributed by atoms with van der Waals surface area (Å²) in [6.07, 6.45) is 8.67. The van der Waals surface area contributed by atoms with Crippen LogP contribution in [0.3, 0.4) is 0 Å². The monoisotopic (exact) mass is 153 g/mol. The summed E-state index contributed by atoms with van der Waals surface area (Å²) in [6, 6.07) is 0. The van der Waals surface area contributed by atoms with E-state index in [0.717, 1.165) is 25.9 Å². The minimum Gasteiger partial charge on any atom is -0.302 e. The first-order valence-corrected chi connectivity index (χ1v) is 4.25. The standard InChI is InChI=1S/C10H19N/c1-4-6-7-8-10-11(3)9-5-2/h5-7H,2,4,8-10H2,1,3H3/b7-6-. The van der Waals surface area contributed by atoms with Gasteiger partial charge < -0.3 is 4.90 Å². The van der Waals surface area contributed by atoms with Crippen LogP contribution in [0, 0.1) is 0 Å². The van der Waals surface area contributed by atoms with Gasteiger partial charge in [-0.1, -0.05) is 25.2 Å². The molecule has 0 rings (SSSR count). The SMILES string of the molecule is C=CCN(C)CC/C=C\CC. The molecule has 0 radical (unpaired) electrons. The van der Waals surface area contributed by atoms with E-state index < -0.39 is 0 Å². The summed E-state index contributed by atoms with van der Waals surface area (Å²) in [4.78, 5) is 2.26. The van der Waals surface area contributed by atoms with Crippen LogP contribution < -0.4 is 0 Å². The first-order chi connectivity index (χ1) is 5.31. The number of allylic oxidation sites excluding steroid dienone is 1. The van der Waals surface area contributed by atoms with Gasteiger partial charge in [-0.15, -0.1) is 6.58 Å². The fraction of sp³-hybridized carbons (Fsp3) is 0.600. The van der Waals surface area contributed by atoms with E-state index in [4.69, 9.17) is 0 Å². The van der Waals surface area contributed by atoms with Crippen molar-refractivity contribution in [2.45, 2.75) is 19.8 Å². The smallest absolute Gasteiger partial charge is 0.0157 e. The Hall–Kier alpha value is -0.560. The van der Waals surface area contributed by atoms with E-state index in [1.807, 2.05) is 6.08 Å². The minimum atomic E-state index is 0.986. The molecular weight excluding hydrogens is 134 g/mol. The lowest BCUT2D eigenvalue weighted by Crippen LogP contribution is -2.18. The molecule has 0 aromatic carbocycles. The van der Waals surface area contributed by atoms with Gasteiger partial charge in [0.1, 0.15) is 0 Å². The van der Waals surface area contributed by atoms with Crippen LogP contribution in [0.1, 0.15) is 19.8 Å². The molecule has 0 fully saturated rings. The molecule has 0 bridgehead atoms. The van der Waals surface area contributed by atoms with E-state index in [-0.39, 0.29) is 0 Å². The van der Waals surface area contributed by atoms with Gasteiger partial charge in [0.2, 0.25) is 0 Å². The Bertz CT molecular complexity index is 116. The van der Waals surface area contributed by atoms with Crippen molar-refractivity contribution in [3.8, 4) is 0 Å². The molecule has 0 aromatic rings. The average Bonchev–Trinajstić information content (AvgIpc) is 1.99. The van der Waals surface area contributed by atoms with Crippen LogP contribution >= 0.6 is 0 Å². The van der Waals surface area contributed by atoms with Gasteiger partial charge in [0.05, 0.1) is 0 Å². The predicted octanol–water partition coefficient (Wildman–Crippen LogP) is 2.46. The van der Waals surface area contributed by atoms with Crippen molar-refractivity contribution in [1.29, 1.82) is 0 Å². The second-order valence-electron chi connectivity index (χ2n) is 2.72. The Labute approximate surface area is 70.4 Å². The number of hydrogen-bond donors (Lipinski definition) is 0. The van der Waals surface area contributed by atoms with Crippen molar-refractivity contribution in [3.63, 3.8) is 0 Å². The maximum atomic E-state index is 3.69. The van der Waals surface area contributed by atoms with E-state index >= 15 is 0 Å². The summed E-state index contributed by atoms with van der Waals surface area (Å²) in [5.74, 6) is 0. The molecular formula is C10H19N. The molecule has 0 unspecified atom stereocenters. The van der Waals surface area contributed by atoms with Gasteiger partial charge in [0.25, 0.3) is 0 Å². The van der Waals surface area contributed by atoms with E-state index in [0.29, 0.717) is 0 Å². The molecule has 11 heavy (non-hydrogen) atoms. The molecule has 0 aliphatic heterocycles. The molecule has 1 nitrogen and oxygen atoms in total. The molecule has 1 heteroatoms. The highest BCUT2D eigenvalue weighted by Crippen LogP contribution is 1.90. The zero-order chi connectivity index (χ0) is 8.53. The third-order valence-corrected chi connectivity index (χ3v) is 1.52. The van der Waals surface area contributed by atoms with Crippen molar-refractivity contribution in [1.82, 2.24) is 4.90 Å². The van der Waals surface area contributed by atoms with E-state index in [1.54, 1.807) is 0 Å². The summed E-state index contributed by atoms with van der Waals surface area (Å²) >= 11 is 0. The Kier molecular flexibility index (Phi) is 7.16. The molecule has 0 spiro atoms. The Balaban J connectivity index is 3.22. The van der Waals surface area contributed by atoms with Gasteiger partial charge in [-0.05, 0) is 19.9 Å². The van der Waals surface area contributed by atoms with E-state index in [1.165, 1.54) is 0 Å². The van der Waals surface area contributed by atoms with Gasteiger partial charge in [0, 0.05) is 13.1 Å². The highest BCUT2D eigenvalue weighted by atomic mass is 15.1. The average molecular weight is 153 g/mol. The zero-order valence-electron chi connectivity index (χ0n) is 7.71. The molecule has 0 N–H and O–H groups in total. The second-order valence-corrected chi connectivity index (χ2v) is 2.72. The van der Waals surface area contributed by atoms with Crippen molar-refractivity contribution in [3.05, 3.63) is 24.8 Å². The normalized spacial score (nSPS) is 11.2. The lowest BCUT2D eigenvalue weighted by Gasteiger charge is -2.11. The summed E-state index contributed by atoms with van der Waals surface area (Å²) in [6.45, 7) is 7.96. The van der Waals surface area contributed by atoms with Gasteiger partial charge >= 0.3 is 0 Å². The summed E-state index contributed by atoms with van der Waals surface area (Å²) in [5, 5.41) is 0. The molecule has 0 aliphatic rings. The van der Waals surface area contributed by atoms with Crippen LogP contribution in [0.25, 0.3) is 0 Å². The molecule has 0 aromatic heterocycles. The molecule has 0 atom stereocenters. The maximum Gasteiger partial charge on any atom is 0.0157 e. The highest BCUT2D eigenvalue weighted by Gasteiger charge is 1.90. The van der Waals surface area contributed by atoms with Crippen LogP contribution in [0.4, 0.5) is 0 Å². The topological polar surface area (TPSA) is 3.24 Å². The van der Waals surface area contributed by atoms with Crippen LogP contribution in [0.15, 0.2) is 24.8 Å². The van der Waals surface area contributed by atoms with Crippen molar-refractivity contribution >= 4 is 0 Å². The largest absolute Gasteiger partial charge is 0.302 e. The lowest BCUT2D eigenvalue weighted by molar-refractivity contribution is 0.378. The number of likely N-dealkylation sites (N-methyl/N-ethyl adjacent to an activating group) is 1. The van der Waals surface area contributed by atoms with Gasteiger partial charge in [0.15, 0.2) is 0 Å². The molecule has 0 heterocycles. The molecule has 0 aliphatic carbocycles. The van der Waals surface area contributed by atoms with Crippen LogP contribution in [0.2, 0.25) is 0 Å². The number of hydrogen-bond acceptors (Lipinski definition) is 1. The highest BCUT2D eigenvalue weighted by molar-refractivity contribution is 4.81. The summed E-state index contributed by atoms with van der Waals surface area (Å²) in [5.41, 5.74) is 0. The van der Waals surface area contributed by atoms with Crippen molar-refractivity contribution < 1.29 is 0 Å². The lowest BCUT2D eigenvalue weighted by atomic mass is 10.3. The van der Waals surface area contributed by atoms with E-state index in [2.05, 4.69) is 37.6 Å². The van der Waals surface area contributed by atoms with Crippen LogP contribution in [-0.4, -0.2) is 25.0 Å². The molecule has 0 saturated carbocycles. The zero-order valence-corrected chi connectivity index (χ0v) is 7.71. The molecule has 0 saturated heterocycles. The van der Waals surface area contributed by atoms with Crippen LogP contribution in [-0.2, 0) is 0 Å². The fourth-order valence-electron chi connectivity index (χ4n) is 0.891. The van der Waals surface area contributed by atoms with Gasteiger partial charge in [-0.2, -0.15) is 0 Å². The Morgan fingerprint density at radius 3 is 2.64 bits per heavy atom. The minimum absolute atomic E-state index is 0.986. The fourth-order valence-corrected chi connectivity index (χ4v) is 0.891. The van der Waals surface area contributed by atoms with Crippen LogP contribution in [0.5, 0.6) is 0 Å². The third kappa shape index (κ3) is 7.34. The molecule has 0 amide bonds. The first-order valence-electron chi connectivity index (χ1n) is 4.25. The summed E-state index contributed by atoms with van der Waals surface area (Å²) in [7, 11) is 2.11. The molecule has 64 valence electrons. The predicted molar refractivity (Wildman–Crippen MR) is 51.7 cm³/mol. The maximum absolute atomic E-state index is 3.69. The van der Waals surface area contributed by atoms with Gasteiger partial charge in [-0.3, -0.25) is 0 Å². The Morgan fingerprint density at radius 2 is 2.09 bits per heavy atom. The summed E-state index contributed by atoms with van der Waals surface area (Å²) < 4.78 is 0. The van der Waals surface area contributed by atoms with Gasteiger partial charge in [-0.25, -0.2) is 0 Å². The number of nitrogens with zero attached hydrogens (tertiary/aromatic N) is 1. The Morgan fingerprint density at radius 1 is 1.36 bits per heavy atom. The van der Waals surface area contributed by atoms with Crippen molar-refractivity contribution in [2.75, 3.05) is 20.1 Å². The second kappa shape index (κ2) is 7.55.